The van der Waals surface area contributed by atoms with Crippen LogP contribution < -0.4 is 26.6 Å². The maximum atomic E-state index is 11.3. The van der Waals surface area contributed by atoms with Gasteiger partial charge >= 0.3 is 0 Å². The summed E-state index contributed by atoms with van der Waals surface area (Å²) in [6.07, 6.45) is 4.64. The van der Waals surface area contributed by atoms with Gasteiger partial charge in [0, 0.05) is 18.7 Å². The molecular weight excluding hydrogens is 326 g/mol. The number of hydrogen-bond donors (Lipinski definition) is 2. The van der Waals surface area contributed by atoms with Crippen LogP contribution in [-0.2, 0) is 6.54 Å². The quantitative estimate of drug-likeness (QED) is 0.558. The monoisotopic (exact) mass is 349 g/mol. The molecule has 2 aromatic rings. The molecule has 0 radical (unpaired) electrons. The lowest BCUT2D eigenvalue weighted by atomic mass is 10.1. The van der Waals surface area contributed by atoms with Crippen molar-refractivity contribution in [2.24, 2.45) is 0 Å². The van der Waals surface area contributed by atoms with Gasteiger partial charge < -0.3 is 15.8 Å². The number of thiophene rings is 1. The summed E-state index contributed by atoms with van der Waals surface area (Å²) in [5.41, 5.74) is 5.91. The smallest absolute Gasteiger partial charge is 0.253 e. The number of nitrogens with one attached hydrogen (secondary N) is 1. The first-order chi connectivity index (χ1) is 11.7. The van der Waals surface area contributed by atoms with Crippen molar-refractivity contribution >= 4 is 22.7 Å². The van der Waals surface area contributed by atoms with Gasteiger partial charge in [0.15, 0.2) is 5.06 Å². The number of rotatable bonds is 8. The van der Waals surface area contributed by atoms with Crippen LogP contribution in [0.15, 0.2) is 21.0 Å². The minimum Gasteiger partial charge on any atom is -0.484 e. The molecule has 0 atom stereocenters. The molecule has 1 aliphatic heterocycles. The summed E-state index contributed by atoms with van der Waals surface area (Å²) in [5.74, 6) is 0. The van der Waals surface area contributed by atoms with Gasteiger partial charge in [-0.3, -0.25) is 14.5 Å². The summed E-state index contributed by atoms with van der Waals surface area (Å²) in [6.45, 7) is 4.42. The van der Waals surface area contributed by atoms with Crippen LogP contribution >= 0.6 is 11.3 Å². The molecule has 2 heterocycles. The number of nitrogen functional groups attached to an aromatic ring is 1. The van der Waals surface area contributed by atoms with Crippen LogP contribution in [0.5, 0.6) is 5.06 Å². The fraction of sp³-hybridized carbons (Fsp3) is 0.529. The van der Waals surface area contributed by atoms with Gasteiger partial charge in [0.2, 0.25) is 0 Å². The minimum absolute atomic E-state index is 0.0444. The Morgan fingerprint density at radius 3 is 2.75 bits per heavy atom. The summed E-state index contributed by atoms with van der Waals surface area (Å²) in [5, 5.41) is 5.96. The van der Waals surface area contributed by atoms with E-state index in [1.165, 1.54) is 37.9 Å². The maximum absolute atomic E-state index is 11.3. The Morgan fingerprint density at radius 1 is 1.21 bits per heavy atom. The minimum atomic E-state index is -0.588. The first kappa shape index (κ1) is 17.0. The molecule has 0 unspecified atom stereocenters. The number of hydrogen-bond acceptors (Lipinski definition) is 7. The zero-order valence-electron chi connectivity index (χ0n) is 13.7. The molecule has 3 N–H and O–H groups in total. The van der Waals surface area contributed by atoms with Crippen LogP contribution in [0.1, 0.15) is 31.2 Å². The number of nitrogens with zero attached hydrogens (tertiary/aromatic N) is 1. The Hall–Kier alpha value is -1.86. The first-order valence-electron chi connectivity index (χ1n) is 8.41. The fourth-order valence-electron chi connectivity index (χ4n) is 2.96. The Kier molecular flexibility index (Phi) is 5.52. The summed E-state index contributed by atoms with van der Waals surface area (Å²) >= 11 is 1.62. The number of nitrogens with two attached hydrogens (primary N) is 1. The van der Waals surface area contributed by atoms with Gasteiger partial charge in [-0.1, -0.05) is 6.42 Å². The summed E-state index contributed by atoms with van der Waals surface area (Å²) < 4.78 is 5.88. The van der Waals surface area contributed by atoms with E-state index in [0.29, 0.717) is 13.2 Å². The molecule has 7 heteroatoms. The zero-order chi connectivity index (χ0) is 16.9. The largest absolute Gasteiger partial charge is 0.484 e. The molecule has 0 aliphatic carbocycles. The van der Waals surface area contributed by atoms with Gasteiger partial charge in [-0.05, 0) is 43.8 Å². The predicted octanol–water partition coefficient (Wildman–Crippen LogP) is 1.79. The van der Waals surface area contributed by atoms with Gasteiger partial charge in [-0.25, -0.2) is 0 Å². The van der Waals surface area contributed by atoms with Crippen LogP contribution in [0.25, 0.3) is 0 Å². The summed E-state index contributed by atoms with van der Waals surface area (Å²) in [4.78, 5) is 24.8. The molecule has 130 valence electrons. The molecule has 0 saturated carbocycles. The average molecular weight is 349 g/mol. The van der Waals surface area contributed by atoms with Gasteiger partial charge in [0.05, 0.1) is 6.61 Å². The van der Waals surface area contributed by atoms with Gasteiger partial charge in [-0.2, -0.15) is 0 Å². The number of piperidine rings is 1. The van der Waals surface area contributed by atoms with E-state index in [2.05, 4.69) is 21.7 Å². The third-order valence-electron chi connectivity index (χ3n) is 4.35. The standard InChI is InChI=1S/C17H23N3O3S/c18-13-14(16(22)15(13)21)19-6-4-9-23-17-12(5-10-24-17)11-20-7-2-1-3-8-20/h5,10,19H,1-4,6-9,11,18H2. The third kappa shape index (κ3) is 3.79. The molecule has 0 bridgehead atoms. The molecule has 0 amide bonds. The van der Waals surface area contributed by atoms with Crippen molar-refractivity contribution in [2.75, 3.05) is 37.3 Å². The van der Waals surface area contributed by atoms with Crippen LogP contribution in [-0.4, -0.2) is 31.1 Å². The van der Waals surface area contributed by atoms with Crippen molar-refractivity contribution < 1.29 is 4.74 Å². The van der Waals surface area contributed by atoms with Crippen LogP contribution in [0, 0.1) is 0 Å². The Bertz CT molecular complexity index is 743. The summed E-state index contributed by atoms with van der Waals surface area (Å²) in [7, 11) is 0. The second-order valence-corrected chi connectivity index (χ2v) is 7.02. The predicted molar refractivity (Wildman–Crippen MR) is 97.8 cm³/mol. The van der Waals surface area contributed by atoms with Crippen LogP contribution in [0.3, 0.4) is 0 Å². The molecule has 1 aromatic heterocycles. The fourth-order valence-corrected chi connectivity index (χ4v) is 3.75. The van der Waals surface area contributed by atoms with Crippen molar-refractivity contribution in [2.45, 2.75) is 32.2 Å². The lowest BCUT2D eigenvalue weighted by Gasteiger charge is -2.26. The molecule has 6 nitrogen and oxygen atoms in total. The van der Waals surface area contributed by atoms with Crippen molar-refractivity contribution in [3.63, 3.8) is 0 Å². The van der Waals surface area contributed by atoms with E-state index in [9.17, 15) is 9.59 Å². The van der Waals surface area contributed by atoms with Crippen LogP contribution in [0.4, 0.5) is 11.4 Å². The number of anilines is 2. The Morgan fingerprint density at radius 2 is 2.00 bits per heavy atom. The molecule has 1 saturated heterocycles. The van der Waals surface area contributed by atoms with E-state index in [0.717, 1.165) is 18.0 Å². The lowest BCUT2D eigenvalue weighted by Crippen LogP contribution is -2.37. The van der Waals surface area contributed by atoms with E-state index < -0.39 is 10.9 Å². The number of ether oxygens (including phenoxy) is 1. The molecule has 24 heavy (non-hydrogen) atoms. The molecule has 3 rings (SSSR count). The van der Waals surface area contributed by atoms with Crippen molar-refractivity contribution in [1.82, 2.24) is 4.90 Å². The van der Waals surface area contributed by atoms with Gasteiger partial charge in [0.25, 0.3) is 10.9 Å². The van der Waals surface area contributed by atoms with Crippen molar-refractivity contribution in [3.05, 3.63) is 37.5 Å². The maximum Gasteiger partial charge on any atom is 0.253 e. The number of likely N-dealkylation sites (tertiary alicyclic amines) is 1. The highest BCUT2D eigenvalue weighted by Crippen LogP contribution is 2.28. The first-order valence-corrected chi connectivity index (χ1v) is 9.29. The van der Waals surface area contributed by atoms with Crippen molar-refractivity contribution in [3.8, 4) is 5.06 Å². The molecule has 1 aromatic carbocycles. The normalized spacial score (nSPS) is 15.7. The average Bonchev–Trinajstić information content (AvgIpc) is 3.05. The molecule has 1 aliphatic rings. The lowest BCUT2D eigenvalue weighted by molar-refractivity contribution is 0.217. The highest BCUT2D eigenvalue weighted by atomic mass is 32.1. The van der Waals surface area contributed by atoms with Crippen molar-refractivity contribution in [1.29, 1.82) is 0 Å². The highest BCUT2D eigenvalue weighted by molar-refractivity contribution is 7.12. The molecular formula is C17H23N3O3S. The van der Waals surface area contributed by atoms with Crippen LogP contribution in [0.2, 0.25) is 0 Å². The third-order valence-corrected chi connectivity index (χ3v) is 5.22. The second-order valence-electron chi connectivity index (χ2n) is 6.15. The van der Waals surface area contributed by atoms with E-state index in [1.54, 1.807) is 11.3 Å². The SMILES string of the molecule is Nc1c(NCCCOc2sccc2CN2CCCCC2)c(=O)c1=O. The van der Waals surface area contributed by atoms with E-state index >= 15 is 0 Å². The highest BCUT2D eigenvalue weighted by Gasteiger charge is 2.17. The second kappa shape index (κ2) is 7.81. The zero-order valence-corrected chi connectivity index (χ0v) is 14.5. The molecule has 0 spiro atoms. The topological polar surface area (TPSA) is 84.7 Å². The van der Waals surface area contributed by atoms with E-state index in [-0.39, 0.29) is 11.4 Å². The Balaban J connectivity index is 1.40. The van der Waals surface area contributed by atoms with Gasteiger partial charge in [0.1, 0.15) is 11.4 Å². The van der Waals surface area contributed by atoms with E-state index in [1.807, 2.05) is 0 Å². The Labute approximate surface area is 144 Å². The molecule has 1 fully saturated rings. The van der Waals surface area contributed by atoms with Gasteiger partial charge in [-0.15, -0.1) is 11.3 Å². The van der Waals surface area contributed by atoms with E-state index in [4.69, 9.17) is 10.5 Å². The summed E-state index contributed by atoms with van der Waals surface area (Å²) in [6, 6.07) is 2.14.